The molecule has 9 heteroatoms. The Bertz CT molecular complexity index is 3810. The maximum absolute atomic E-state index is 15.1. The summed E-state index contributed by atoms with van der Waals surface area (Å²) < 4.78 is 199. The molecule has 0 bridgehead atoms. The van der Waals surface area contributed by atoms with Gasteiger partial charge in [-0.15, -0.1) is 13.2 Å². The van der Waals surface area contributed by atoms with Gasteiger partial charge in [0.05, 0.1) is 30.5 Å². The number of benzene rings is 5. The number of ether oxygens (including phenoxy) is 1. The van der Waals surface area contributed by atoms with Crippen LogP contribution >= 0.6 is 0 Å². The van der Waals surface area contributed by atoms with E-state index in [-0.39, 0.29) is 61.9 Å². The number of halogens is 3. The summed E-state index contributed by atoms with van der Waals surface area (Å²) in [4.78, 5) is 1.97. The van der Waals surface area contributed by atoms with E-state index >= 15 is 13.2 Å². The van der Waals surface area contributed by atoms with Gasteiger partial charge in [0.1, 0.15) is 22.7 Å². The van der Waals surface area contributed by atoms with Crippen LogP contribution < -0.4 is 31.1 Å². The zero-order valence-electron chi connectivity index (χ0n) is 52.3. The Kier molecular flexibility index (Phi) is 6.13. The standard InChI is InChI=1S/C55H58BF3N2O3/c1-50(2,3)31-19-21-34(22-20-31)61-42-28-35(64-55(57,58)59)27-41-45(42)56(49-46(61)37-25-32(51(4,5)6)26-38(47(37)63-49)52(7,8)9)39-29-36-43(30-40(39)60(41)33-17-15-14-16-18-33)62-48-44(36)53(10,11)23-24-54(48,12)13/h14-22,25-30H,23-24H2,1-13H3/i14D,15D,16D,17D,18D,19D,20D,21D,22D,26D,27D,28D,29D,30D. The lowest BCUT2D eigenvalue weighted by Crippen LogP contribution is -2.61. The van der Waals surface area contributed by atoms with Crippen molar-refractivity contribution < 1.29 is 45.9 Å². The van der Waals surface area contributed by atoms with Crippen molar-refractivity contribution in [3.05, 3.63) is 119 Å². The van der Waals surface area contributed by atoms with Crippen LogP contribution in [0.2, 0.25) is 0 Å². The number of nitrogens with zero attached hydrogens (tertiary/aromatic N) is 2. The van der Waals surface area contributed by atoms with Crippen molar-refractivity contribution in [3.8, 4) is 5.75 Å². The van der Waals surface area contributed by atoms with Crippen molar-refractivity contribution in [1.82, 2.24) is 0 Å². The van der Waals surface area contributed by atoms with Crippen LogP contribution in [0.3, 0.4) is 0 Å². The fourth-order valence-corrected chi connectivity index (χ4v) is 9.39. The topological polar surface area (TPSA) is 42.0 Å². The lowest BCUT2D eigenvalue weighted by atomic mass is 9.35. The highest BCUT2D eigenvalue weighted by Gasteiger charge is 2.50. The van der Waals surface area contributed by atoms with Gasteiger partial charge in [0, 0.05) is 73.9 Å². The van der Waals surface area contributed by atoms with Crippen LogP contribution in [0.25, 0.3) is 21.9 Å². The Hall–Kier alpha value is -5.57. The number of para-hydroxylation sites is 1. The number of anilines is 6. The van der Waals surface area contributed by atoms with E-state index in [1.165, 1.54) is 0 Å². The summed E-state index contributed by atoms with van der Waals surface area (Å²) in [6.07, 6.45) is -4.38. The SMILES string of the molecule is [2H]c1c([2H])c([2H])c(N2c3c([2H])c(OC(F)(F)F)c([2H])c4c3B(c3oc5c(C(C)(C)C)c([2H])c(C(C)(C)C)cc5c3N4c3c([2H])c([2H])c(C(C)(C)C)c([2H])c3[2H])c3c2c([2H])c2oc4c(c2c3[2H])C(C)(C)CCC4(C)C)c([2H])c1[2H]. The molecular formula is C55H58BF3N2O3. The molecule has 4 heterocycles. The van der Waals surface area contributed by atoms with Crippen LogP contribution in [-0.4, -0.2) is 13.1 Å². The summed E-state index contributed by atoms with van der Waals surface area (Å²) in [5, 5.41) is 0.354. The molecule has 2 aromatic heterocycles. The van der Waals surface area contributed by atoms with Crippen LogP contribution in [0, 0.1) is 0 Å². The summed E-state index contributed by atoms with van der Waals surface area (Å²) in [6, 6.07) is -8.33. The third-order valence-electron chi connectivity index (χ3n) is 12.8. The van der Waals surface area contributed by atoms with Crippen molar-refractivity contribution in [2.45, 2.75) is 136 Å². The third-order valence-corrected chi connectivity index (χ3v) is 12.8. The number of hydrogen-bond acceptors (Lipinski definition) is 5. The highest BCUT2D eigenvalue weighted by atomic mass is 19.4. The minimum atomic E-state index is -5.62. The van der Waals surface area contributed by atoms with Gasteiger partial charge < -0.3 is 23.4 Å². The molecule has 0 atom stereocenters. The molecule has 0 fully saturated rings. The van der Waals surface area contributed by atoms with E-state index in [9.17, 15) is 15.1 Å². The van der Waals surface area contributed by atoms with Crippen LogP contribution in [0.5, 0.6) is 5.75 Å². The summed E-state index contributed by atoms with van der Waals surface area (Å²) in [5.74, 6) is -1.01. The zero-order chi connectivity index (χ0) is 58.0. The predicted octanol–water partition coefficient (Wildman–Crippen LogP) is 14.4. The molecule has 0 radical (unpaired) electrons. The molecule has 0 saturated heterocycles. The first-order valence-corrected chi connectivity index (χ1v) is 21.5. The molecule has 0 saturated carbocycles. The molecule has 0 unspecified atom stereocenters. The Morgan fingerprint density at radius 3 is 1.88 bits per heavy atom. The number of hydrogen-bond donors (Lipinski definition) is 0. The van der Waals surface area contributed by atoms with Gasteiger partial charge in [-0.3, -0.25) is 0 Å². The van der Waals surface area contributed by atoms with Gasteiger partial charge in [0.15, 0.2) is 0 Å². The lowest BCUT2D eigenvalue weighted by Gasteiger charge is -2.42. The van der Waals surface area contributed by atoms with Gasteiger partial charge in [-0.2, -0.15) is 0 Å². The number of alkyl halides is 3. The van der Waals surface area contributed by atoms with E-state index in [4.69, 9.17) is 12.9 Å². The smallest absolute Gasteiger partial charge is 0.468 e. The molecule has 330 valence electrons. The van der Waals surface area contributed by atoms with Gasteiger partial charge in [0.2, 0.25) is 0 Å². The zero-order valence-corrected chi connectivity index (χ0v) is 38.3. The van der Waals surface area contributed by atoms with Crippen molar-refractivity contribution in [2.24, 2.45) is 0 Å². The highest BCUT2D eigenvalue weighted by Crippen LogP contribution is 2.54. The van der Waals surface area contributed by atoms with Crippen LogP contribution in [0.1, 0.15) is 150 Å². The minimum Gasteiger partial charge on any atom is -0.468 e. The first-order valence-electron chi connectivity index (χ1n) is 28.5. The number of furan rings is 2. The predicted molar refractivity (Wildman–Crippen MR) is 258 cm³/mol. The second-order valence-corrected chi connectivity index (χ2v) is 21.7. The van der Waals surface area contributed by atoms with Crippen LogP contribution in [-0.2, 0) is 27.1 Å². The Morgan fingerprint density at radius 2 is 1.27 bits per heavy atom. The second kappa shape index (κ2) is 13.5. The first-order chi connectivity index (χ1) is 35.6. The number of rotatable bonds is 3. The van der Waals surface area contributed by atoms with E-state index in [0.717, 1.165) is 9.80 Å². The van der Waals surface area contributed by atoms with Crippen molar-refractivity contribution in [2.75, 3.05) is 9.80 Å². The molecule has 0 amide bonds. The third kappa shape index (κ3) is 6.57. The Balaban J connectivity index is 1.56. The lowest BCUT2D eigenvalue weighted by molar-refractivity contribution is -0.274. The normalized spacial score (nSPS) is 19.8. The molecule has 0 spiro atoms. The van der Waals surface area contributed by atoms with Crippen molar-refractivity contribution in [1.29, 1.82) is 0 Å². The highest BCUT2D eigenvalue weighted by molar-refractivity contribution is 7.00. The van der Waals surface area contributed by atoms with E-state index in [1.807, 2.05) is 69.2 Å². The van der Waals surface area contributed by atoms with E-state index in [1.54, 1.807) is 26.8 Å². The van der Waals surface area contributed by atoms with E-state index in [2.05, 4.69) is 4.74 Å². The molecule has 5 aromatic carbocycles. The molecule has 1 aliphatic carbocycles. The first kappa shape index (κ1) is 29.1. The maximum Gasteiger partial charge on any atom is 0.573 e. The molecular weight excluding hydrogens is 804 g/mol. The van der Waals surface area contributed by atoms with E-state index < -0.39 is 147 Å². The quantitative estimate of drug-likeness (QED) is 0.165. The summed E-state index contributed by atoms with van der Waals surface area (Å²) in [5.41, 5.74) is -6.53. The van der Waals surface area contributed by atoms with Gasteiger partial charge in [0.25, 0.3) is 6.71 Å². The molecule has 2 aliphatic heterocycles. The Labute approximate surface area is 395 Å². The average molecular weight is 877 g/mol. The molecule has 3 aliphatic rings. The molecule has 7 aromatic rings. The summed E-state index contributed by atoms with van der Waals surface area (Å²) in [6.45, 7) is 22.5. The number of fused-ring (bicyclic) bond motifs is 9. The van der Waals surface area contributed by atoms with Gasteiger partial charge in [-0.05, 0) is 86.8 Å². The minimum absolute atomic E-state index is 0.00491. The molecule has 10 rings (SSSR count). The second-order valence-electron chi connectivity index (χ2n) is 21.7. The Morgan fingerprint density at radius 1 is 0.656 bits per heavy atom. The summed E-state index contributed by atoms with van der Waals surface area (Å²) >= 11 is 0. The van der Waals surface area contributed by atoms with Crippen LogP contribution in [0.4, 0.5) is 47.3 Å². The summed E-state index contributed by atoms with van der Waals surface area (Å²) in [7, 11) is 0. The molecule has 5 nitrogen and oxygen atoms in total. The maximum atomic E-state index is 15.1. The van der Waals surface area contributed by atoms with Gasteiger partial charge in [-0.25, -0.2) is 0 Å². The molecule has 0 N–H and O–H groups in total. The molecule has 64 heavy (non-hydrogen) atoms. The van der Waals surface area contributed by atoms with Crippen molar-refractivity contribution in [3.63, 3.8) is 0 Å². The fraction of sp³-hybridized carbons (Fsp3) is 0.382. The largest absolute Gasteiger partial charge is 0.573 e. The van der Waals surface area contributed by atoms with Gasteiger partial charge >= 0.3 is 6.36 Å². The fourth-order valence-electron chi connectivity index (χ4n) is 9.39. The van der Waals surface area contributed by atoms with E-state index in [0.29, 0.717) is 35.3 Å². The average Bonchev–Trinajstić information content (AvgIpc) is 4.01. The monoisotopic (exact) mass is 877 g/mol. The van der Waals surface area contributed by atoms with Crippen LogP contribution in [0.15, 0.2) is 99.5 Å². The van der Waals surface area contributed by atoms with Gasteiger partial charge in [-0.1, -0.05) is 132 Å². The van der Waals surface area contributed by atoms with Crippen molar-refractivity contribution >= 4 is 79.4 Å².